The number of benzene rings is 3. The van der Waals surface area contributed by atoms with Gasteiger partial charge in [-0.25, -0.2) is 23.8 Å². The van der Waals surface area contributed by atoms with E-state index in [-0.39, 0.29) is 29.5 Å². The van der Waals surface area contributed by atoms with Crippen LogP contribution in [0.15, 0.2) is 103 Å². The number of carbonyl (C=O) groups excluding carboxylic acids is 3. The van der Waals surface area contributed by atoms with Gasteiger partial charge in [0.15, 0.2) is 0 Å². The Bertz CT molecular complexity index is 3060. The van der Waals surface area contributed by atoms with E-state index in [9.17, 15) is 19.2 Å². The third-order valence-electron chi connectivity index (χ3n) is 13.3. The number of rotatable bonds is 10. The molecule has 4 amide bonds. The number of nitrogens with zero attached hydrogens (tertiary/aromatic N) is 10. The number of fused-ring (bicyclic) bond motifs is 1. The van der Waals surface area contributed by atoms with E-state index in [4.69, 9.17) is 14.8 Å². The van der Waals surface area contributed by atoms with Crippen LogP contribution in [0.4, 0.5) is 22.0 Å². The Morgan fingerprint density at radius 1 is 0.785 bits per heavy atom. The Hall–Kier alpha value is -7.62. The molecule has 10 rings (SSSR count). The average Bonchev–Trinajstić information content (AvgIpc) is 4.01. The van der Waals surface area contributed by atoms with E-state index >= 15 is 0 Å². The number of methoxy groups -OCH3 is 1. The average molecular weight is 872 g/mol. The van der Waals surface area contributed by atoms with Gasteiger partial charge in [-0.15, -0.1) is 0 Å². The third-order valence-corrected chi connectivity index (χ3v) is 13.3. The van der Waals surface area contributed by atoms with Gasteiger partial charge in [0.2, 0.25) is 11.8 Å². The predicted octanol–water partition coefficient (Wildman–Crippen LogP) is 6.50. The second-order valence-corrected chi connectivity index (χ2v) is 16.9. The summed E-state index contributed by atoms with van der Waals surface area (Å²) < 4.78 is 10.9. The number of carbonyl (C=O) groups is 3. The summed E-state index contributed by atoms with van der Waals surface area (Å²) in [7, 11) is 5.23. The maximum absolute atomic E-state index is 13.9. The molecule has 3 aliphatic heterocycles. The van der Waals surface area contributed by atoms with Gasteiger partial charge in [0.05, 0.1) is 47.5 Å². The molecule has 4 aromatic heterocycles. The van der Waals surface area contributed by atoms with Gasteiger partial charge in [0.1, 0.15) is 17.9 Å². The Labute approximate surface area is 375 Å². The minimum absolute atomic E-state index is 0.153. The predicted molar refractivity (Wildman–Crippen MR) is 248 cm³/mol. The zero-order chi connectivity index (χ0) is 44.9. The van der Waals surface area contributed by atoms with Crippen molar-refractivity contribution in [1.29, 1.82) is 0 Å². The van der Waals surface area contributed by atoms with E-state index in [1.807, 2.05) is 60.3 Å². The monoisotopic (exact) mass is 871 g/mol. The summed E-state index contributed by atoms with van der Waals surface area (Å²) in [6, 6.07) is 24.1. The molecule has 0 spiro atoms. The van der Waals surface area contributed by atoms with Crippen LogP contribution in [0.1, 0.15) is 61.3 Å². The number of aryl methyl sites for hydroxylation is 2. The maximum Gasteiger partial charge on any atom is 0.350 e. The third kappa shape index (κ3) is 7.28. The minimum atomic E-state index is -0.464. The number of pyridine rings is 2. The quantitative estimate of drug-likeness (QED) is 0.150. The van der Waals surface area contributed by atoms with E-state index in [0.29, 0.717) is 55.3 Å². The molecule has 0 saturated carbocycles. The number of anilines is 3. The number of imide groups is 1. The topological polar surface area (TPSA) is 166 Å². The minimum Gasteiger partial charge on any atom is -0.496 e. The highest BCUT2D eigenvalue weighted by atomic mass is 16.5. The highest BCUT2D eigenvalue weighted by Crippen LogP contribution is 2.44. The van der Waals surface area contributed by atoms with Crippen LogP contribution in [0.2, 0.25) is 0 Å². The van der Waals surface area contributed by atoms with Crippen LogP contribution in [-0.4, -0.2) is 85.2 Å². The van der Waals surface area contributed by atoms with Crippen molar-refractivity contribution in [2.45, 2.75) is 50.9 Å². The molecule has 1 atom stereocenters. The Balaban J connectivity index is 0.969. The van der Waals surface area contributed by atoms with E-state index in [1.54, 1.807) is 42.5 Å². The summed E-state index contributed by atoms with van der Waals surface area (Å²) in [6.07, 6.45) is 9.85. The molecule has 16 heteroatoms. The first kappa shape index (κ1) is 41.4. The van der Waals surface area contributed by atoms with Crippen LogP contribution < -0.4 is 30.4 Å². The van der Waals surface area contributed by atoms with Crippen molar-refractivity contribution in [3.63, 3.8) is 0 Å². The number of nitrogens with one attached hydrogen (secondary N) is 1. The number of hydrogen-bond acceptors (Lipinski definition) is 10. The van der Waals surface area contributed by atoms with Gasteiger partial charge >= 0.3 is 11.7 Å². The van der Waals surface area contributed by atoms with Gasteiger partial charge in [-0.1, -0.05) is 37.3 Å². The van der Waals surface area contributed by atoms with Gasteiger partial charge in [-0.05, 0) is 96.3 Å². The lowest BCUT2D eigenvalue weighted by molar-refractivity contribution is -0.134. The second-order valence-electron chi connectivity index (χ2n) is 16.9. The molecule has 3 aromatic carbocycles. The van der Waals surface area contributed by atoms with Crippen molar-refractivity contribution in [3.05, 3.63) is 125 Å². The molecule has 0 radical (unpaired) electrons. The first-order valence-electron chi connectivity index (χ1n) is 22.1. The summed E-state index contributed by atoms with van der Waals surface area (Å²) in [5, 5.41) is 12.5. The molecule has 3 saturated heterocycles. The summed E-state index contributed by atoms with van der Waals surface area (Å²) in [4.78, 5) is 66.7. The molecule has 0 bridgehead atoms. The van der Waals surface area contributed by atoms with Crippen molar-refractivity contribution in [2.24, 2.45) is 14.1 Å². The molecule has 7 aromatic rings. The fraction of sp³-hybridized carbons (Fsp3) is 0.306. The number of hydrogen-bond donors (Lipinski definition) is 1. The van der Waals surface area contributed by atoms with E-state index in [0.717, 1.165) is 76.0 Å². The number of para-hydroxylation sites is 1. The second kappa shape index (κ2) is 16.8. The van der Waals surface area contributed by atoms with Crippen molar-refractivity contribution < 1.29 is 19.1 Å². The molecule has 7 heterocycles. The highest BCUT2D eigenvalue weighted by Gasteiger charge is 2.35. The van der Waals surface area contributed by atoms with Crippen LogP contribution in [-0.2, 0) is 30.1 Å². The van der Waals surface area contributed by atoms with Gasteiger partial charge in [0.25, 0.3) is 0 Å². The number of amides is 4. The normalized spacial score (nSPS) is 17.1. The molecule has 330 valence electrons. The lowest BCUT2D eigenvalue weighted by Crippen LogP contribution is -2.39. The summed E-state index contributed by atoms with van der Waals surface area (Å²) >= 11 is 0. The molecule has 0 aliphatic carbocycles. The number of ether oxygens (including phenoxy) is 1. The fourth-order valence-electron chi connectivity index (χ4n) is 9.95. The molecule has 3 fully saturated rings. The number of aromatic nitrogens is 7. The van der Waals surface area contributed by atoms with Crippen molar-refractivity contribution in [1.82, 2.24) is 39.4 Å². The lowest BCUT2D eigenvalue weighted by atomic mass is 9.86. The number of piperidine rings is 2. The van der Waals surface area contributed by atoms with Crippen LogP contribution in [0.3, 0.4) is 0 Å². The molecule has 1 unspecified atom stereocenters. The van der Waals surface area contributed by atoms with Gasteiger partial charge < -0.3 is 9.64 Å². The molecule has 3 aliphatic rings. The van der Waals surface area contributed by atoms with E-state index in [1.165, 1.54) is 21.1 Å². The molecular formula is C49H49N11O5. The zero-order valence-electron chi connectivity index (χ0n) is 36.8. The Kier molecular flexibility index (Phi) is 10.7. The van der Waals surface area contributed by atoms with Crippen molar-refractivity contribution >= 4 is 45.9 Å². The Morgan fingerprint density at radius 2 is 1.60 bits per heavy atom. The molecular weight excluding hydrogens is 823 g/mol. The summed E-state index contributed by atoms with van der Waals surface area (Å²) in [6.45, 7) is 4.70. The number of urea groups is 1. The maximum atomic E-state index is 13.9. The van der Waals surface area contributed by atoms with Gasteiger partial charge in [-0.2, -0.15) is 10.2 Å². The zero-order valence-corrected chi connectivity index (χ0v) is 36.8. The first-order chi connectivity index (χ1) is 31.6. The van der Waals surface area contributed by atoms with Crippen LogP contribution in [0, 0.1) is 0 Å². The van der Waals surface area contributed by atoms with E-state index < -0.39 is 5.92 Å². The molecule has 16 nitrogen and oxygen atoms in total. The van der Waals surface area contributed by atoms with E-state index in [2.05, 4.69) is 51.5 Å². The molecule has 1 N–H and O–H groups in total. The van der Waals surface area contributed by atoms with Gasteiger partial charge in [0, 0.05) is 75.6 Å². The largest absolute Gasteiger partial charge is 0.496 e. The summed E-state index contributed by atoms with van der Waals surface area (Å²) in [5.74, 6) is 0.602. The first-order valence-corrected chi connectivity index (χ1v) is 22.1. The van der Waals surface area contributed by atoms with Crippen LogP contribution in [0.5, 0.6) is 5.75 Å². The smallest absolute Gasteiger partial charge is 0.350 e. The lowest BCUT2D eigenvalue weighted by Gasteiger charge is -2.34. The highest BCUT2D eigenvalue weighted by molar-refractivity contribution is 6.07. The van der Waals surface area contributed by atoms with Gasteiger partial charge in [-0.3, -0.25) is 34.4 Å². The summed E-state index contributed by atoms with van der Waals surface area (Å²) in [5.41, 5.74) is 9.55. The van der Waals surface area contributed by atoms with Crippen molar-refractivity contribution in [2.75, 3.05) is 48.0 Å². The Morgan fingerprint density at radius 3 is 2.34 bits per heavy atom. The van der Waals surface area contributed by atoms with Crippen LogP contribution in [0.25, 0.3) is 38.8 Å². The van der Waals surface area contributed by atoms with Crippen molar-refractivity contribution in [3.8, 4) is 33.7 Å². The van der Waals surface area contributed by atoms with Crippen LogP contribution >= 0.6 is 0 Å². The fourth-order valence-corrected chi connectivity index (χ4v) is 9.95. The standard InChI is InChI=1S/C49H49N11O5/c1-5-34-36(17-21-51-46(34)59-25-24-58(49(59)64)33-8-7-20-50-28-33)35-14-12-32(60-29-52-56(3)48(60)63)27-40(35)37-13-11-31(26-42(37)65-4)30-18-22-57(23-19-30)41-10-6-9-38-44(54-55(2)45(38)41)39-15-16-43(61)53-47(39)62/h6-14,17,20-21,26-30,39H,5,15-16,18-19,22-25H2,1-4H3,(H,53,61,62). The molecule has 65 heavy (non-hydrogen) atoms. The SMILES string of the molecule is CCc1c(-c2ccc(-n3cnn(C)c3=O)cc2-c2ccc(C3CCN(c4cccc5c(C6CCC(=O)NC6=O)nn(C)c45)CC3)cc2OC)ccnc1N1CCN(c2cccnc2)C1=O.